The minimum Gasteiger partial charge on any atom is -0.502 e. The van der Waals surface area contributed by atoms with Crippen molar-refractivity contribution in [3.63, 3.8) is 0 Å². The first kappa shape index (κ1) is 12.7. The molecule has 0 saturated heterocycles. The third-order valence-electron chi connectivity index (χ3n) is 1.35. The second-order valence-electron chi connectivity index (χ2n) is 2.09. The van der Waals surface area contributed by atoms with Crippen LogP contribution in [0.15, 0.2) is 0 Å². The SMILES string of the molecule is Oc1c(O)c(O)c(O)c(O)c1O.[K]. The summed E-state index contributed by atoms with van der Waals surface area (Å²) in [5.41, 5.74) is 0. The van der Waals surface area contributed by atoms with Gasteiger partial charge in [0.2, 0.25) is 34.5 Å². The van der Waals surface area contributed by atoms with Crippen LogP contribution in [0.25, 0.3) is 0 Å². The van der Waals surface area contributed by atoms with Gasteiger partial charge in [0.25, 0.3) is 0 Å². The average Bonchev–Trinajstić information content (AvgIpc) is 2.08. The summed E-state index contributed by atoms with van der Waals surface area (Å²) in [5.74, 6) is -6.57. The van der Waals surface area contributed by atoms with Crippen molar-refractivity contribution in [3.8, 4) is 34.5 Å². The fourth-order valence-electron chi connectivity index (χ4n) is 0.673. The van der Waals surface area contributed by atoms with Gasteiger partial charge in [0.15, 0.2) is 0 Å². The smallest absolute Gasteiger partial charge is 0.208 e. The first-order chi connectivity index (χ1) is 5.46. The fraction of sp³-hybridized carbons (Fsp3) is 0. The van der Waals surface area contributed by atoms with E-state index >= 15 is 0 Å². The topological polar surface area (TPSA) is 121 Å². The van der Waals surface area contributed by atoms with Crippen molar-refractivity contribution in [2.75, 3.05) is 0 Å². The fourth-order valence-corrected chi connectivity index (χ4v) is 0.673. The zero-order chi connectivity index (χ0) is 9.46. The van der Waals surface area contributed by atoms with Crippen LogP contribution in [0.5, 0.6) is 34.5 Å². The van der Waals surface area contributed by atoms with E-state index in [0.29, 0.717) is 0 Å². The van der Waals surface area contributed by atoms with Gasteiger partial charge in [-0.3, -0.25) is 0 Å². The summed E-state index contributed by atoms with van der Waals surface area (Å²) >= 11 is 0. The Morgan fingerprint density at radius 1 is 0.385 bits per heavy atom. The molecule has 0 aliphatic heterocycles. The standard InChI is InChI=1S/C6H6O6.K/c7-1-2(8)4(10)6(12)5(11)3(1)9;/h7-12H;. The molecule has 6 nitrogen and oxygen atoms in total. The largest absolute Gasteiger partial charge is 0.502 e. The maximum absolute atomic E-state index is 8.76. The van der Waals surface area contributed by atoms with Crippen LogP contribution in [0.3, 0.4) is 0 Å². The van der Waals surface area contributed by atoms with E-state index < -0.39 is 34.5 Å². The average molecular weight is 213 g/mol. The summed E-state index contributed by atoms with van der Waals surface area (Å²) in [5, 5.41) is 52.6. The van der Waals surface area contributed by atoms with E-state index in [1.807, 2.05) is 0 Å². The summed E-state index contributed by atoms with van der Waals surface area (Å²) in [4.78, 5) is 0. The number of aromatic hydroxyl groups is 6. The first-order valence-corrected chi connectivity index (χ1v) is 2.84. The molecule has 0 amide bonds. The number of hydrogen-bond donors (Lipinski definition) is 6. The molecule has 0 saturated carbocycles. The van der Waals surface area contributed by atoms with Crippen LogP contribution in [-0.4, -0.2) is 82.0 Å². The molecule has 0 fully saturated rings. The van der Waals surface area contributed by atoms with Gasteiger partial charge in [-0.1, -0.05) is 0 Å². The summed E-state index contributed by atoms with van der Waals surface area (Å²) in [6.07, 6.45) is 0. The minimum absolute atomic E-state index is 0. The first-order valence-electron chi connectivity index (χ1n) is 2.84. The molecule has 6 N–H and O–H groups in total. The van der Waals surface area contributed by atoms with Crippen LogP contribution in [0.2, 0.25) is 0 Å². The molecule has 1 aromatic rings. The summed E-state index contributed by atoms with van der Waals surface area (Å²) in [7, 11) is 0. The van der Waals surface area contributed by atoms with Crippen molar-refractivity contribution in [1.29, 1.82) is 0 Å². The predicted octanol–water partition coefficient (Wildman–Crippen LogP) is -0.461. The number of phenolic OH excluding ortho intramolecular Hbond substituents is 6. The molecule has 1 rings (SSSR count). The van der Waals surface area contributed by atoms with Crippen LogP contribution < -0.4 is 0 Å². The van der Waals surface area contributed by atoms with Gasteiger partial charge in [-0.25, -0.2) is 0 Å². The molecule has 13 heavy (non-hydrogen) atoms. The Kier molecular flexibility index (Phi) is 4.13. The van der Waals surface area contributed by atoms with E-state index in [1.54, 1.807) is 0 Å². The van der Waals surface area contributed by atoms with Crippen molar-refractivity contribution in [1.82, 2.24) is 0 Å². The van der Waals surface area contributed by atoms with Crippen LogP contribution in [-0.2, 0) is 0 Å². The predicted molar refractivity (Wildman–Crippen MR) is 42.2 cm³/mol. The third-order valence-corrected chi connectivity index (χ3v) is 1.35. The molecule has 7 heteroatoms. The van der Waals surface area contributed by atoms with Crippen molar-refractivity contribution in [3.05, 3.63) is 0 Å². The van der Waals surface area contributed by atoms with Gasteiger partial charge in [0.05, 0.1) is 0 Å². The van der Waals surface area contributed by atoms with E-state index in [0.717, 1.165) is 0 Å². The monoisotopic (exact) mass is 213 g/mol. The van der Waals surface area contributed by atoms with E-state index in [-0.39, 0.29) is 51.4 Å². The molecule has 1 radical (unpaired) electrons. The number of rotatable bonds is 0. The molecule has 0 spiro atoms. The van der Waals surface area contributed by atoms with Gasteiger partial charge in [0.1, 0.15) is 0 Å². The quantitative estimate of drug-likeness (QED) is 0.197. The van der Waals surface area contributed by atoms with Crippen LogP contribution >= 0.6 is 0 Å². The van der Waals surface area contributed by atoms with Crippen molar-refractivity contribution < 1.29 is 30.6 Å². The van der Waals surface area contributed by atoms with E-state index in [2.05, 4.69) is 0 Å². The molecule has 0 unspecified atom stereocenters. The van der Waals surface area contributed by atoms with Gasteiger partial charge in [-0.15, -0.1) is 0 Å². The Bertz CT molecular complexity index is 231. The van der Waals surface area contributed by atoms with Gasteiger partial charge in [0, 0.05) is 51.4 Å². The second kappa shape index (κ2) is 4.25. The van der Waals surface area contributed by atoms with Gasteiger partial charge in [-0.2, -0.15) is 0 Å². The maximum Gasteiger partial charge on any atom is 0.208 e. The zero-order valence-corrected chi connectivity index (χ0v) is 9.81. The van der Waals surface area contributed by atoms with Crippen molar-refractivity contribution in [2.24, 2.45) is 0 Å². The molecule has 0 aliphatic carbocycles. The molecule has 0 heterocycles. The van der Waals surface area contributed by atoms with Crippen LogP contribution in [0.4, 0.5) is 0 Å². The Labute approximate surface area is 115 Å². The molecule has 0 atom stereocenters. The van der Waals surface area contributed by atoms with Crippen molar-refractivity contribution in [2.45, 2.75) is 0 Å². The molecular weight excluding hydrogens is 207 g/mol. The summed E-state index contributed by atoms with van der Waals surface area (Å²) < 4.78 is 0. The van der Waals surface area contributed by atoms with E-state index in [1.165, 1.54) is 0 Å². The molecule has 0 bridgehead atoms. The normalized spacial score (nSPS) is 9.23. The molecule has 0 aromatic heterocycles. The van der Waals surface area contributed by atoms with Gasteiger partial charge in [-0.05, 0) is 0 Å². The molecule has 67 valence electrons. The number of phenols is 6. The molecule has 1 aromatic carbocycles. The second-order valence-corrected chi connectivity index (χ2v) is 2.09. The van der Waals surface area contributed by atoms with E-state index in [4.69, 9.17) is 30.6 Å². The van der Waals surface area contributed by atoms with Gasteiger partial charge >= 0.3 is 0 Å². The van der Waals surface area contributed by atoms with Crippen LogP contribution in [0.1, 0.15) is 0 Å². The zero-order valence-electron chi connectivity index (χ0n) is 6.68. The Morgan fingerprint density at radius 3 is 0.538 bits per heavy atom. The third kappa shape index (κ3) is 1.94. The van der Waals surface area contributed by atoms with E-state index in [9.17, 15) is 0 Å². The molecule has 0 aliphatic rings. The maximum atomic E-state index is 8.76. The Hall–Kier alpha value is -0.344. The molecular formula is C6H6KO6. The summed E-state index contributed by atoms with van der Waals surface area (Å²) in [6.45, 7) is 0. The number of hydrogen-bond acceptors (Lipinski definition) is 6. The Morgan fingerprint density at radius 2 is 0.462 bits per heavy atom. The minimum atomic E-state index is -1.09. The van der Waals surface area contributed by atoms with Crippen LogP contribution in [0, 0.1) is 0 Å². The summed E-state index contributed by atoms with van der Waals surface area (Å²) in [6, 6.07) is 0. The van der Waals surface area contributed by atoms with Gasteiger partial charge < -0.3 is 30.6 Å². The van der Waals surface area contributed by atoms with Crippen molar-refractivity contribution >= 4 is 51.4 Å². The Balaban J connectivity index is 0.00000144. The number of benzene rings is 1.